The van der Waals surface area contributed by atoms with Crippen LogP contribution in [-0.4, -0.2) is 33.1 Å². The van der Waals surface area contributed by atoms with Crippen molar-refractivity contribution in [2.24, 2.45) is 5.92 Å². The van der Waals surface area contributed by atoms with Gasteiger partial charge in [-0.1, -0.05) is 30.7 Å². The van der Waals surface area contributed by atoms with Crippen LogP contribution in [0, 0.1) is 11.7 Å². The number of aromatic nitrogens is 4. The van der Waals surface area contributed by atoms with Crippen LogP contribution in [0.15, 0.2) is 24.3 Å². The number of H-pyrrole nitrogens is 1. The van der Waals surface area contributed by atoms with Crippen molar-refractivity contribution in [1.82, 2.24) is 25.9 Å². The van der Waals surface area contributed by atoms with Gasteiger partial charge in [-0.15, -0.1) is 10.2 Å². The van der Waals surface area contributed by atoms with Gasteiger partial charge in [-0.2, -0.15) is 5.21 Å². The van der Waals surface area contributed by atoms with Gasteiger partial charge in [-0.3, -0.25) is 4.79 Å². The van der Waals surface area contributed by atoms with Crippen LogP contribution in [0.2, 0.25) is 0 Å². The van der Waals surface area contributed by atoms with E-state index in [1.165, 1.54) is 12.1 Å². The molecule has 2 fully saturated rings. The fourth-order valence-corrected chi connectivity index (χ4v) is 4.36. The zero-order valence-corrected chi connectivity index (χ0v) is 14.3. The van der Waals surface area contributed by atoms with E-state index in [1.54, 1.807) is 0 Å². The fourth-order valence-electron chi connectivity index (χ4n) is 4.36. The van der Waals surface area contributed by atoms with E-state index in [1.807, 2.05) is 12.1 Å². The van der Waals surface area contributed by atoms with Gasteiger partial charge >= 0.3 is 0 Å². The largest absolute Gasteiger partial charge is 0.354 e. The van der Waals surface area contributed by atoms with Crippen LogP contribution in [0.4, 0.5) is 4.39 Å². The zero-order chi connectivity index (χ0) is 17.5. The first-order valence-corrected chi connectivity index (χ1v) is 8.82. The molecule has 2 N–H and O–H groups in total. The molecule has 0 radical (unpaired) electrons. The quantitative estimate of drug-likeness (QED) is 0.872. The number of nitrogens with zero attached hydrogens (tertiary/aromatic N) is 3. The molecule has 0 spiro atoms. The number of halogens is 1. The lowest BCUT2D eigenvalue weighted by molar-refractivity contribution is -0.132. The summed E-state index contributed by atoms with van der Waals surface area (Å²) in [5.41, 5.74) is 0.341. The van der Waals surface area contributed by atoms with Gasteiger partial charge in [0, 0.05) is 12.0 Å². The molecule has 1 aromatic heterocycles. The molecule has 7 heteroatoms. The van der Waals surface area contributed by atoms with Crippen LogP contribution < -0.4 is 5.32 Å². The molecule has 0 saturated heterocycles. The summed E-state index contributed by atoms with van der Waals surface area (Å²) in [5.74, 6) is 0.689. The molecule has 0 atom stereocenters. The maximum atomic E-state index is 13.2. The molecule has 2 aliphatic carbocycles. The molecule has 2 aromatic rings. The predicted molar refractivity (Wildman–Crippen MR) is 89.2 cm³/mol. The van der Waals surface area contributed by atoms with Crippen molar-refractivity contribution in [1.29, 1.82) is 0 Å². The summed E-state index contributed by atoms with van der Waals surface area (Å²) >= 11 is 0. The van der Waals surface area contributed by atoms with E-state index in [4.69, 9.17) is 0 Å². The van der Waals surface area contributed by atoms with Crippen molar-refractivity contribution in [2.45, 2.75) is 49.9 Å². The highest BCUT2D eigenvalue weighted by atomic mass is 19.1. The van der Waals surface area contributed by atoms with Gasteiger partial charge in [0.1, 0.15) is 11.2 Å². The molecule has 0 unspecified atom stereocenters. The van der Waals surface area contributed by atoms with Gasteiger partial charge in [0.15, 0.2) is 5.82 Å². The number of nitrogens with one attached hydrogen (secondary N) is 2. The number of hydrogen-bond donors (Lipinski definition) is 2. The number of tetrazole rings is 1. The van der Waals surface area contributed by atoms with E-state index in [-0.39, 0.29) is 17.1 Å². The normalized spacial score (nSPS) is 27.2. The minimum atomic E-state index is -0.667. The smallest absolute Gasteiger partial charge is 0.234 e. The molecule has 0 aliphatic heterocycles. The van der Waals surface area contributed by atoms with Crippen LogP contribution in [0.25, 0.3) is 0 Å². The number of rotatable bonds is 5. The Bertz CT molecular complexity index is 748. The number of carbonyl (C=O) groups excluding carboxylic acids is 1. The van der Waals surface area contributed by atoms with Crippen molar-refractivity contribution in [3.63, 3.8) is 0 Å². The second-order valence-corrected chi connectivity index (χ2v) is 7.65. The van der Waals surface area contributed by atoms with Crippen molar-refractivity contribution >= 4 is 5.91 Å². The average molecular weight is 343 g/mol. The van der Waals surface area contributed by atoms with Crippen LogP contribution in [0.3, 0.4) is 0 Å². The summed E-state index contributed by atoms with van der Waals surface area (Å²) in [7, 11) is 0. The van der Waals surface area contributed by atoms with E-state index < -0.39 is 5.41 Å². The Balaban J connectivity index is 1.50. The molecule has 132 valence electrons. The third-order valence-electron chi connectivity index (χ3n) is 5.96. The minimum absolute atomic E-state index is 0.0274. The molecule has 2 saturated carbocycles. The molecule has 6 nitrogen and oxygen atoms in total. The zero-order valence-electron chi connectivity index (χ0n) is 14.3. The summed E-state index contributed by atoms with van der Waals surface area (Å²) in [4.78, 5) is 13.0. The Morgan fingerprint density at radius 3 is 2.56 bits per heavy atom. The summed E-state index contributed by atoms with van der Waals surface area (Å²) < 4.78 is 13.2. The maximum Gasteiger partial charge on any atom is 0.234 e. The lowest BCUT2D eigenvalue weighted by Gasteiger charge is -2.46. The van der Waals surface area contributed by atoms with Gasteiger partial charge < -0.3 is 5.32 Å². The molecule has 2 aliphatic rings. The average Bonchev–Trinajstić information content (AvgIpc) is 3.06. The minimum Gasteiger partial charge on any atom is -0.354 e. The molecule has 1 amide bonds. The first kappa shape index (κ1) is 16.2. The summed E-state index contributed by atoms with van der Waals surface area (Å²) in [5, 5.41) is 17.3. The van der Waals surface area contributed by atoms with Crippen LogP contribution in [0.1, 0.15) is 50.4 Å². The summed E-state index contributed by atoms with van der Waals surface area (Å²) in [6.07, 6.45) is 4.61. The van der Waals surface area contributed by atoms with Gasteiger partial charge in [0.05, 0.1) is 0 Å². The summed E-state index contributed by atoms with van der Waals surface area (Å²) in [6, 6.07) is 6.65. The second kappa shape index (κ2) is 5.89. The van der Waals surface area contributed by atoms with E-state index in [0.717, 1.165) is 37.7 Å². The van der Waals surface area contributed by atoms with Crippen molar-refractivity contribution in [3.05, 3.63) is 41.5 Å². The first-order valence-electron chi connectivity index (χ1n) is 8.82. The topological polar surface area (TPSA) is 83.6 Å². The highest BCUT2D eigenvalue weighted by molar-refractivity contribution is 5.88. The Hall–Kier alpha value is -2.31. The van der Waals surface area contributed by atoms with Crippen LogP contribution in [0.5, 0.6) is 0 Å². The molecule has 4 rings (SSSR count). The third kappa shape index (κ3) is 2.62. The molecule has 0 bridgehead atoms. The van der Waals surface area contributed by atoms with Gasteiger partial charge in [-0.25, -0.2) is 4.39 Å². The maximum absolute atomic E-state index is 13.2. The Labute approximate surface area is 145 Å². The lowest BCUT2D eigenvalue weighted by Crippen LogP contribution is -2.56. The Kier molecular flexibility index (Phi) is 3.81. The third-order valence-corrected chi connectivity index (χ3v) is 5.96. The molecule has 1 heterocycles. The Morgan fingerprint density at radius 1 is 1.32 bits per heavy atom. The van der Waals surface area contributed by atoms with E-state index in [2.05, 4.69) is 32.9 Å². The Morgan fingerprint density at radius 2 is 2.04 bits per heavy atom. The predicted octanol–water partition coefficient (Wildman–Crippen LogP) is 2.24. The van der Waals surface area contributed by atoms with Gasteiger partial charge in [-0.05, 0) is 49.3 Å². The van der Waals surface area contributed by atoms with Crippen molar-refractivity contribution in [3.8, 4) is 0 Å². The molecular formula is C18H22FN5O. The van der Waals surface area contributed by atoms with E-state index >= 15 is 0 Å². The highest BCUT2D eigenvalue weighted by Crippen LogP contribution is 2.47. The van der Waals surface area contributed by atoms with Crippen LogP contribution in [-0.2, 0) is 15.6 Å². The lowest BCUT2D eigenvalue weighted by atomic mass is 9.61. The van der Waals surface area contributed by atoms with Gasteiger partial charge in [0.25, 0.3) is 0 Å². The van der Waals surface area contributed by atoms with E-state index in [9.17, 15) is 9.18 Å². The molecular weight excluding hydrogens is 321 g/mol. The monoisotopic (exact) mass is 343 g/mol. The van der Waals surface area contributed by atoms with Gasteiger partial charge in [0.2, 0.25) is 5.91 Å². The standard InChI is InChI=1S/C18H22FN5O/c1-12-9-18(10-12,15-21-23-24-22-15)16(25)20-11-17(7-2-8-17)13-3-5-14(19)6-4-13/h3-6,12H,2,7-11H2,1H3,(H,20,25)(H,21,22,23,24). The highest BCUT2D eigenvalue weighted by Gasteiger charge is 2.53. The molecule has 25 heavy (non-hydrogen) atoms. The second-order valence-electron chi connectivity index (χ2n) is 7.65. The molecule has 1 aromatic carbocycles. The fraction of sp³-hybridized carbons (Fsp3) is 0.556. The summed E-state index contributed by atoms with van der Waals surface area (Å²) in [6.45, 7) is 2.68. The number of hydrogen-bond acceptors (Lipinski definition) is 4. The first-order chi connectivity index (χ1) is 12.0. The number of benzene rings is 1. The SMILES string of the molecule is CC1CC(C(=O)NCC2(c3ccc(F)cc3)CCC2)(c2nn[nH]n2)C1. The number of aromatic amines is 1. The van der Waals surface area contributed by atoms with E-state index in [0.29, 0.717) is 18.3 Å². The number of carbonyl (C=O) groups is 1. The van der Waals surface area contributed by atoms with Crippen LogP contribution >= 0.6 is 0 Å². The van der Waals surface area contributed by atoms with Crippen molar-refractivity contribution < 1.29 is 9.18 Å². The van der Waals surface area contributed by atoms with Crippen molar-refractivity contribution in [2.75, 3.05) is 6.54 Å². The number of amides is 1.